The van der Waals surface area contributed by atoms with Crippen LogP contribution >= 0.6 is 12.2 Å². The molecule has 0 unspecified atom stereocenters. The van der Waals surface area contributed by atoms with Crippen molar-refractivity contribution in [3.05, 3.63) is 114 Å². The molecule has 20 heteroatoms. The minimum atomic E-state index is -5.20. The third-order valence-corrected chi connectivity index (χ3v) is 12.2. The second kappa shape index (κ2) is 20.0. The van der Waals surface area contributed by atoms with Gasteiger partial charge in [-0.05, 0) is 105 Å². The number of alkyl halides is 3. The zero-order chi connectivity index (χ0) is 50.0. The van der Waals surface area contributed by atoms with Crippen LogP contribution in [0.25, 0.3) is 22.5 Å². The van der Waals surface area contributed by atoms with Crippen LogP contribution in [0.5, 0.6) is 5.75 Å². The number of amides is 3. The number of likely N-dealkylation sites (tertiary alicyclic amines) is 1. The first kappa shape index (κ1) is 50.1. The Kier molecular flexibility index (Phi) is 14.5. The summed E-state index contributed by atoms with van der Waals surface area (Å²) in [5.41, 5.74) is -2.81. The van der Waals surface area contributed by atoms with E-state index in [0.29, 0.717) is 58.6 Å². The van der Waals surface area contributed by atoms with Crippen LogP contribution in [0.15, 0.2) is 85.2 Å². The lowest BCUT2D eigenvalue weighted by Crippen LogP contribution is -2.55. The number of unbranched alkanes of at least 4 members (excludes halogenated alkanes) is 1. The molecule has 14 nitrogen and oxygen atoms in total. The average Bonchev–Trinajstić information content (AvgIpc) is 3.99. The number of thiocarbonyl (C=S) groups is 1. The minimum absolute atomic E-state index is 0.0501. The van der Waals surface area contributed by atoms with Gasteiger partial charge in [0.1, 0.15) is 41.1 Å². The van der Waals surface area contributed by atoms with Crippen molar-refractivity contribution >= 4 is 46.4 Å². The lowest BCUT2D eigenvalue weighted by molar-refractivity contribution is -0.141. The molecule has 0 bridgehead atoms. The number of hydrogen-bond acceptors (Lipinski definition) is 10. The highest BCUT2D eigenvalue weighted by atomic mass is 32.1. The lowest BCUT2D eigenvalue weighted by atomic mass is 9.85. The number of aliphatic hydroxyl groups excluding tert-OH is 1. The van der Waals surface area contributed by atoms with Crippen molar-refractivity contribution in [3.8, 4) is 34.3 Å². The Morgan fingerprint density at radius 3 is 2.38 bits per heavy atom. The number of rotatable bonds is 15. The van der Waals surface area contributed by atoms with Crippen molar-refractivity contribution in [1.29, 1.82) is 5.26 Å². The van der Waals surface area contributed by atoms with Gasteiger partial charge in [-0.1, -0.05) is 32.9 Å². The summed E-state index contributed by atoms with van der Waals surface area (Å²) in [6.07, 6.45) is -1.58. The molecule has 2 saturated heterocycles. The summed E-state index contributed by atoms with van der Waals surface area (Å²) >= 11 is 5.53. The van der Waals surface area contributed by atoms with E-state index in [1.807, 2.05) is 20.8 Å². The first-order chi connectivity index (χ1) is 32.6. The number of β-amino-alcohol motifs (C(OH)–C–C–N with tert-alkyl or cyclic N) is 1. The van der Waals surface area contributed by atoms with Crippen LogP contribution in [0.2, 0.25) is 0 Å². The molecule has 4 heterocycles. The van der Waals surface area contributed by atoms with Crippen LogP contribution in [0.4, 0.5) is 33.3 Å². The summed E-state index contributed by atoms with van der Waals surface area (Å²) in [7, 11) is 0. The molecular weight excluding hydrogens is 924 g/mol. The Bertz CT molecular complexity index is 2770. The number of halogens is 5. The molecule has 3 aromatic carbocycles. The van der Waals surface area contributed by atoms with Gasteiger partial charge in [-0.15, -0.1) is 0 Å². The maximum absolute atomic E-state index is 15.4. The number of carbonyl (C=O) groups excluding carboxylic acids is 3. The third-order valence-electron chi connectivity index (χ3n) is 11.8. The molecule has 3 atom stereocenters. The van der Waals surface area contributed by atoms with Crippen LogP contribution in [0, 0.1) is 28.4 Å². The van der Waals surface area contributed by atoms with E-state index in [4.69, 9.17) is 21.7 Å². The van der Waals surface area contributed by atoms with Crippen molar-refractivity contribution in [1.82, 2.24) is 25.2 Å². The van der Waals surface area contributed by atoms with E-state index in [0.717, 1.165) is 17.7 Å². The second-order valence-electron chi connectivity index (χ2n) is 18.2. The van der Waals surface area contributed by atoms with Gasteiger partial charge in [-0.2, -0.15) is 18.4 Å². The molecule has 362 valence electrons. The number of aromatic amines is 1. The molecule has 7 rings (SSSR count). The third kappa shape index (κ3) is 10.8. The standard InChI is InChI=1S/C49H49F5N8O6S/c1-47(2,3)42(44(65)60-26-33(63)22-38(60)43-57-25-36(58-43)29-9-8-10-31(50)21-29)59-39(64)27-67-19-6-7-20-68-34-15-11-28(12-16-34)35-17-14-32(24-56-35)62-46(69)61(45(66)48(62,4)5)37-18-13-30(23-55)40(41(37)51)49(52,53)54/h8-18,21,24-25,33,38,42,63H,6-7,19-20,22,26-27H2,1-5H3,(H,57,58)(H,59,64)/t33-,38+,42-/m1/s1. The van der Waals surface area contributed by atoms with E-state index in [1.54, 1.807) is 54.7 Å². The van der Waals surface area contributed by atoms with Crippen molar-refractivity contribution in [2.75, 3.05) is 36.2 Å². The first-order valence-corrected chi connectivity index (χ1v) is 22.3. The monoisotopic (exact) mass is 972 g/mol. The molecule has 0 spiro atoms. The van der Waals surface area contributed by atoms with E-state index < -0.39 is 75.6 Å². The Labute approximate surface area is 400 Å². The summed E-state index contributed by atoms with van der Waals surface area (Å²) in [5, 5.41) is 22.3. The Hall–Kier alpha value is -6.82. The molecule has 2 aliphatic heterocycles. The van der Waals surface area contributed by atoms with Crippen molar-refractivity contribution < 1.29 is 50.9 Å². The number of nitrogens with one attached hydrogen (secondary N) is 2. The Balaban J connectivity index is 0.869. The van der Waals surface area contributed by atoms with E-state index in [2.05, 4.69) is 20.3 Å². The topological polar surface area (TPSA) is 177 Å². The first-order valence-electron chi connectivity index (χ1n) is 21.9. The highest BCUT2D eigenvalue weighted by Crippen LogP contribution is 2.42. The van der Waals surface area contributed by atoms with Gasteiger partial charge in [-0.25, -0.2) is 13.8 Å². The van der Waals surface area contributed by atoms with E-state index >= 15 is 4.39 Å². The SMILES string of the molecule is CC(C)(C)[C@H](NC(=O)COCCCCOc1ccc(-c2ccc(N3C(=S)N(c4ccc(C#N)c(C(F)(F)F)c4F)C(=O)C3(C)C)cn2)cc1)C(=O)N1C[C@H](O)C[C@H]1c1ncc(-c2cccc(F)c2)[nH]1. The van der Waals surface area contributed by atoms with E-state index in [-0.39, 0.29) is 37.2 Å². The van der Waals surface area contributed by atoms with Crippen LogP contribution < -0.4 is 19.9 Å². The number of nitriles is 1. The van der Waals surface area contributed by atoms with Gasteiger partial charge in [0, 0.05) is 30.7 Å². The number of aromatic nitrogens is 3. The van der Waals surface area contributed by atoms with Crippen molar-refractivity contribution in [3.63, 3.8) is 0 Å². The quantitative estimate of drug-likeness (QED) is 0.0523. The molecule has 2 fully saturated rings. The van der Waals surface area contributed by atoms with Crippen molar-refractivity contribution in [2.24, 2.45) is 5.41 Å². The van der Waals surface area contributed by atoms with Gasteiger partial charge in [0.25, 0.3) is 5.91 Å². The fraction of sp³-hybridized carbons (Fsp3) is 0.367. The highest BCUT2D eigenvalue weighted by Gasteiger charge is 2.52. The molecule has 2 aromatic heterocycles. The van der Waals surface area contributed by atoms with Crippen LogP contribution in [-0.4, -0.2) is 91.8 Å². The zero-order valence-corrected chi connectivity index (χ0v) is 39.1. The number of anilines is 2. The largest absolute Gasteiger partial charge is 0.494 e. The number of hydrogen-bond donors (Lipinski definition) is 3. The Morgan fingerprint density at radius 1 is 1.00 bits per heavy atom. The maximum Gasteiger partial charge on any atom is 0.420 e. The van der Waals surface area contributed by atoms with Gasteiger partial charge in [0.2, 0.25) is 11.8 Å². The van der Waals surface area contributed by atoms with Gasteiger partial charge in [0.15, 0.2) is 10.9 Å². The normalized spacial score (nSPS) is 17.6. The lowest BCUT2D eigenvalue weighted by Gasteiger charge is -2.35. The number of benzene rings is 3. The molecule has 0 radical (unpaired) electrons. The number of H-pyrrole nitrogens is 1. The summed E-state index contributed by atoms with van der Waals surface area (Å²) in [4.78, 5) is 56.4. The molecular formula is C49H49F5N8O6S. The fourth-order valence-electron chi connectivity index (χ4n) is 8.26. The smallest absolute Gasteiger partial charge is 0.420 e. The molecule has 0 aliphatic carbocycles. The summed E-state index contributed by atoms with van der Waals surface area (Å²) < 4.78 is 82.1. The Morgan fingerprint density at radius 2 is 1.72 bits per heavy atom. The number of pyridine rings is 1. The van der Waals surface area contributed by atoms with Crippen LogP contribution in [-0.2, 0) is 25.3 Å². The number of imidazole rings is 1. The number of aliphatic hydroxyl groups is 1. The molecule has 5 aromatic rings. The predicted molar refractivity (Wildman–Crippen MR) is 248 cm³/mol. The van der Waals surface area contributed by atoms with E-state index in [9.17, 15) is 42.3 Å². The zero-order valence-electron chi connectivity index (χ0n) is 38.2. The molecule has 2 aliphatic rings. The van der Waals surface area contributed by atoms with Crippen LogP contribution in [0.3, 0.4) is 0 Å². The highest BCUT2D eigenvalue weighted by molar-refractivity contribution is 7.81. The second-order valence-corrected chi connectivity index (χ2v) is 18.6. The molecule has 3 amide bonds. The number of carbonyl (C=O) groups is 3. The molecule has 69 heavy (non-hydrogen) atoms. The van der Waals surface area contributed by atoms with Crippen LogP contribution in [0.1, 0.15) is 76.9 Å². The molecule has 0 saturated carbocycles. The summed E-state index contributed by atoms with van der Waals surface area (Å²) in [6, 6.07) is 18.0. The van der Waals surface area contributed by atoms with E-state index in [1.165, 1.54) is 48.0 Å². The van der Waals surface area contributed by atoms with Gasteiger partial charge < -0.3 is 34.7 Å². The molecule has 3 N–H and O–H groups in total. The predicted octanol–water partition coefficient (Wildman–Crippen LogP) is 8.27. The average molecular weight is 973 g/mol. The fourth-order valence-corrected chi connectivity index (χ4v) is 8.78. The number of ether oxygens (including phenoxy) is 2. The van der Waals surface area contributed by atoms with Gasteiger partial charge in [0.05, 0.1) is 65.5 Å². The van der Waals surface area contributed by atoms with Crippen molar-refractivity contribution in [2.45, 2.75) is 83.8 Å². The summed E-state index contributed by atoms with van der Waals surface area (Å²) in [6.45, 7) is 8.88. The maximum atomic E-state index is 15.4. The van der Waals surface area contributed by atoms with Gasteiger partial charge in [-0.3, -0.25) is 24.3 Å². The minimum Gasteiger partial charge on any atom is -0.494 e. The summed E-state index contributed by atoms with van der Waals surface area (Å²) in [5.74, 6) is -2.78. The van der Waals surface area contributed by atoms with Gasteiger partial charge >= 0.3 is 6.18 Å². The number of nitrogens with zero attached hydrogens (tertiary/aromatic N) is 6.